The molecule has 1 rings (SSSR count). The van der Waals surface area contributed by atoms with Gasteiger partial charge in [0.1, 0.15) is 13.6 Å². The van der Waals surface area contributed by atoms with Gasteiger partial charge in [0.15, 0.2) is 0 Å². The van der Waals surface area contributed by atoms with Crippen LogP contribution in [-0.2, 0) is 0 Å². The number of hydrogen-bond acceptors (Lipinski definition) is 3. The van der Waals surface area contributed by atoms with Crippen molar-refractivity contribution < 1.29 is 9.53 Å². The summed E-state index contributed by atoms with van der Waals surface area (Å²) in [4.78, 5) is 11.4. The van der Waals surface area contributed by atoms with Crippen LogP contribution in [-0.4, -0.2) is 18.5 Å². The molecule has 0 atom stereocenters. The minimum Gasteiger partial charge on any atom is -0.498 e. The van der Waals surface area contributed by atoms with Gasteiger partial charge in [0, 0.05) is 16.5 Å². The zero-order valence-corrected chi connectivity index (χ0v) is 11.0. The van der Waals surface area contributed by atoms with Crippen LogP contribution in [0.4, 0.5) is 0 Å². The van der Waals surface area contributed by atoms with E-state index in [0.717, 1.165) is 5.56 Å². The van der Waals surface area contributed by atoms with E-state index in [1.807, 2.05) is 13.0 Å². The first-order valence-electron chi connectivity index (χ1n) is 4.74. The molecule has 0 spiro atoms. The highest BCUT2D eigenvalue weighted by atomic mass is 35.7. The number of hydrogen-bond donors (Lipinski definition) is 0. The van der Waals surface area contributed by atoms with E-state index in [4.69, 9.17) is 23.3 Å². The van der Waals surface area contributed by atoms with Crippen molar-refractivity contribution in [1.82, 2.24) is 0 Å². The second-order valence-electron chi connectivity index (χ2n) is 4.10. The molecule has 0 amide bonds. The average molecular weight is 255 g/mol. The van der Waals surface area contributed by atoms with Gasteiger partial charge in [-0.1, -0.05) is 0 Å². The molecule has 0 N–H and O–H groups in total. The molecule has 0 bridgehead atoms. The van der Waals surface area contributed by atoms with Gasteiger partial charge in [-0.3, -0.25) is 4.79 Å². The summed E-state index contributed by atoms with van der Waals surface area (Å²) in [5.74, 6) is 0.571. The lowest BCUT2D eigenvalue weighted by Gasteiger charge is -2.22. The third-order valence-corrected chi connectivity index (χ3v) is 2.53. The van der Waals surface area contributed by atoms with E-state index in [-0.39, 0.29) is 5.12 Å². The van der Waals surface area contributed by atoms with Crippen molar-refractivity contribution in [2.75, 3.05) is 0 Å². The lowest BCUT2D eigenvalue weighted by Crippen LogP contribution is -2.28. The second-order valence-corrected chi connectivity index (χ2v) is 5.09. The van der Waals surface area contributed by atoms with Gasteiger partial charge in [-0.2, -0.15) is 0 Å². The molecule has 0 aliphatic carbocycles. The SMILES string of the molecule is [B]C(C)(C)Oc1cc(C)cc(C(=O)SCl)c1. The van der Waals surface area contributed by atoms with E-state index >= 15 is 0 Å². The van der Waals surface area contributed by atoms with E-state index in [0.29, 0.717) is 22.3 Å². The summed E-state index contributed by atoms with van der Waals surface area (Å²) in [5, 5.41) is -0.204. The third-order valence-electron chi connectivity index (χ3n) is 1.74. The van der Waals surface area contributed by atoms with E-state index in [1.54, 1.807) is 26.0 Å². The summed E-state index contributed by atoms with van der Waals surface area (Å²) in [6.07, 6.45) is 0. The predicted octanol–water partition coefficient (Wildman–Crippen LogP) is 3.31. The molecule has 1 aromatic carbocycles. The molecule has 0 aromatic heterocycles. The molecular formula is C11H12BClO2S. The number of rotatable bonds is 3. The number of ether oxygens (including phenoxy) is 1. The van der Waals surface area contributed by atoms with Crippen molar-refractivity contribution in [2.24, 2.45) is 0 Å². The number of benzene rings is 1. The van der Waals surface area contributed by atoms with Gasteiger partial charge >= 0.3 is 0 Å². The maximum atomic E-state index is 11.4. The Kier molecular flexibility index (Phi) is 4.33. The van der Waals surface area contributed by atoms with Crippen LogP contribution in [0.15, 0.2) is 18.2 Å². The van der Waals surface area contributed by atoms with Gasteiger partial charge in [0.2, 0.25) is 5.12 Å². The van der Waals surface area contributed by atoms with Crippen molar-refractivity contribution in [3.05, 3.63) is 29.3 Å². The van der Waals surface area contributed by atoms with Gasteiger partial charge in [-0.25, -0.2) is 0 Å². The van der Waals surface area contributed by atoms with E-state index in [9.17, 15) is 4.79 Å². The second kappa shape index (κ2) is 5.15. The Bertz CT molecular complexity index is 401. The van der Waals surface area contributed by atoms with Crippen LogP contribution in [0, 0.1) is 6.92 Å². The molecule has 0 aliphatic heterocycles. The maximum Gasteiger partial charge on any atom is 0.234 e. The zero-order valence-electron chi connectivity index (χ0n) is 9.41. The van der Waals surface area contributed by atoms with Crippen LogP contribution >= 0.6 is 21.7 Å². The van der Waals surface area contributed by atoms with Crippen LogP contribution in [0.3, 0.4) is 0 Å². The van der Waals surface area contributed by atoms with Gasteiger partial charge in [0.25, 0.3) is 0 Å². The molecule has 1 aromatic rings. The standard InChI is InChI=1S/C11H12BClO2S/c1-7-4-8(10(14)16-13)6-9(5-7)15-11(2,3)12/h4-6H,1-3H3. The van der Waals surface area contributed by atoms with Crippen LogP contribution < -0.4 is 4.74 Å². The summed E-state index contributed by atoms with van der Waals surface area (Å²) in [5.41, 5.74) is 0.664. The summed E-state index contributed by atoms with van der Waals surface area (Å²) in [7, 11) is 11.8. The quantitative estimate of drug-likeness (QED) is 0.774. The molecule has 84 valence electrons. The monoisotopic (exact) mass is 254 g/mol. The van der Waals surface area contributed by atoms with Gasteiger partial charge in [-0.15, -0.1) is 0 Å². The van der Waals surface area contributed by atoms with Gasteiger partial charge < -0.3 is 4.74 Å². The predicted molar refractivity (Wildman–Crippen MR) is 69.4 cm³/mol. The lowest BCUT2D eigenvalue weighted by atomic mass is 9.86. The summed E-state index contributed by atoms with van der Waals surface area (Å²) in [6.45, 7) is 5.37. The summed E-state index contributed by atoms with van der Waals surface area (Å²) >= 11 is 0. The van der Waals surface area contributed by atoms with E-state index in [1.165, 1.54) is 0 Å². The summed E-state index contributed by atoms with van der Waals surface area (Å²) in [6, 6.07) is 5.22. The Balaban J connectivity index is 3.03. The van der Waals surface area contributed by atoms with Crippen LogP contribution in [0.5, 0.6) is 5.75 Å². The highest BCUT2D eigenvalue weighted by Crippen LogP contribution is 2.24. The number of halogens is 1. The highest BCUT2D eigenvalue weighted by molar-refractivity contribution is 8.33. The number of carbonyl (C=O) groups excluding carboxylic acids is 1. The molecule has 0 aliphatic rings. The molecule has 2 nitrogen and oxygen atoms in total. The number of aryl methyl sites for hydroxylation is 1. The minimum absolute atomic E-state index is 0.204. The average Bonchev–Trinajstić information content (AvgIpc) is 2.12. The first kappa shape index (κ1) is 13.5. The molecule has 0 saturated heterocycles. The van der Waals surface area contributed by atoms with Gasteiger partial charge in [0.05, 0.1) is 5.50 Å². The molecule has 0 unspecified atom stereocenters. The smallest absolute Gasteiger partial charge is 0.234 e. The molecule has 0 fully saturated rings. The normalized spacial score (nSPS) is 11.2. The van der Waals surface area contributed by atoms with Crippen LogP contribution in [0.2, 0.25) is 0 Å². The molecular weight excluding hydrogens is 242 g/mol. The van der Waals surface area contributed by atoms with Crippen molar-refractivity contribution in [3.63, 3.8) is 0 Å². The largest absolute Gasteiger partial charge is 0.498 e. The third kappa shape index (κ3) is 4.10. The number of carbonyl (C=O) groups is 1. The molecule has 0 saturated carbocycles. The fourth-order valence-electron chi connectivity index (χ4n) is 1.27. The fraction of sp³-hybridized carbons (Fsp3) is 0.364. The van der Waals surface area contributed by atoms with Gasteiger partial charge in [-0.05, 0) is 55.2 Å². The Labute approximate surface area is 106 Å². The fourth-order valence-corrected chi connectivity index (χ4v) is 1.75. The molecule has 2 radical (unpaired) electrons. The van der Waals surface area contributed by atoms with Crippen molar-refractivity contribution in [2.45, 2.75) is 26.3 Å². The van der Waals surface area contributed by atoms with E-state index < -0.39 is 5.50 Å². The zero-order chi connectivity index (χ0) is 12.3. The van der Waals surface area contributed by atoms with E-state index in [2.05, 4.69) is 0 Å². The first-order valence-corrected chi connectivity index (χ1v) is 6.38. The Morgan fingerprint density at radius 3 is 2.56 bits per heavy atom. The van der Waals surface area contributed by atoms with Crippen LogP contribution in [0.1, 0.15) is 29.8 Å². The van der Waals surface area contributed by atoms with Crippen molar-refractivity contribution in [3.8, 4) is 5.75 Å². The summed E-state index contributed by atoms with van der Waals surface area (Å²) < 4.78 is 5.49. The molecule has 16 heavy (non-hydrogen) atoms. The Morgan fingerprint density at radius 1 is 1.44 bits per heavy atom. The topological polar surface area (TPSA) is 26.3 Å². The molecule has 5 heteroatoms. The molecule has 0 heterocycles. The Morgan fingerprint density at radius 2 is 2.06 bits per heavy atom. The minimum atomic E-state index is -0.776. The highest BCUT2D eigenvalue weighted by Gasteiger charge is 2.14. The maximum absolute atomic E-state index is 11.4. The van der Waals surface area contributed by atoms with Crippen molar-refractivity contribution >= 4 is 34.6 Å². The van der Waals surface area contributed by atoms with Crippen LogP contribution in [0.25, 0.3) is 0 Å². The Hall–Kier alpha value is -0.605. The lowest BCUT2D eigenvalue weighted by molar-refractivity contribution is 0.108. The van der Waals surface area contributed by atoms with Crippen molar-refractivity contribution in [1.29, 1.82) is 0 Å². The first-order chi connectivity index (χ1) is 7.31.